The largest absolute Gasteiger partial charge is 0.450 e. The average molecular weight is 440 g/mol. The van der Waals surface area contributed by atoms with Gasteiger partial charge in [0.25, 0.3) is 11.6 Å². The van der Waals surface area contributed by atoms with E-state index in [9.17, 15) is 24.5 Å². The molecule has 5 rings (SSSR count). The summed E-state index contributed by atoms with van der Waals surface area (Å²) in [6.45, 7) is 1.44. The number of nitro benzene ring substituents is 1. The summed E-state index contributed by atoms with van der Waals surface area (Å²) >= 11 is 0. The van der Waals surface area contributed by atoms with Crippen molar-refractivity contribution in [2.75, 3.05) is 4.90 Å². The maximum atomic E-state index is 13.5. The van der Waals surface area contributed by atoms with Gasteiger partial charge in [0.05, 0.1) is 21.9 Å². The van der Waals surface area contributed by atoms with Crippen molar-refractivity contribution in [1.29, 1.82) is 0 Å². The second-order valence-corrected chi connectivity index (χ2v) is 7.70. The van der Waals surface area contributed by atoms with Crippen LogP contribution in [0, 0.1) is 10.1 Å². The monoisotopic (exact) mass is 440 g/mol. The molecule has 0 saturated heterocycles. The summed E-state index contributed by atoms with van der Waals surface area (Å²) in [4.78, 5) is 50.6. The van der Waals surface area contributed by atoms with Gasteiger partial charge in [-0.3, -0.25) is 29.4 Å². The number of amides is 1. The van der Waals surface area contributed by atoms with Gasteiger partial charge in [-0.2, -0.15) is 0 Å². The fourth-order valence-electron chi connectivity index (χ4n) is 4.14. The van der Waals surface area contributed by atoms with Crippen LogP contribution in [0.5, 0.6) is 0 Å². The van der Waals surface area contributed by atoms with Crippen LogP contribution in [0.15, 0.2) is 82.0 Å². The molecule has 1 aromatic heterocycles. The molecule has 0 radical (unpaired) electrons. The van der Waals surface area contributed by atoms with Crippen LogP contribution >= 0.6 is 0 Å². The predicted octanol–water partition coefficient (Wildman–Crippen LogP) is 4.65. The van der Waals surface area contributed by atoms with E-state index in [-0.39, 0.29) is 28.2 Å². The van der Waals surface area contributed by atoms with Gasteiger partial charge in [-0.15, -0.1) is 0 Å². The Kier molecular flexibility index (Phi) is 4.63. The summed E-state index contributed by atoms with van der Waals surface area (Å²) in [5.41, 5.74) is 1.48. The molecule has 1 unspecified atom stereocenters. The van der Waals surface area contributed by atoms with Crippen LogP contribution in [0.4, 0.5) is 11.4 Å². The minimum absolute atomic E-state index is 0.0716. The number of hydrogen-bond donors (Lipinski definition) is 0. The Balaban J connectivity index is 1.75. The van der Waals surface area contributed by atoms with Crippen LogP contribution in [-0.4, -0.2) is 16.6 Å². The van der Waals surface area contributed by atoms with E-state index in [1.165, 1.54) is 36.1 Å². The number of hydrogen-bond acceptors (Lipinski definition) is 6. The zero-order valence-electron chi connectivity index (χ0n) is 17.3. The van der Waals surface area contributed by atoms with Crippen LogP contribution in [-0.2, 0) is 0 Å². The van der Waals surface area contributed by atoms with Crippen molar-refractivity contribution in [1.82, 2.24) is 0 Å². The van der Waals surface area contributed by atoms with E-state index >= 15 is 0 Å². The Morgan fingerprint density at radius 3 is 2.27 bits per heavy atom. The highest BCUT2D eigenvalue weighted by atomic mass is 16.6. The second-order valence-electron chi connectivity index (χ2n) is 7.70. The molecule has 1 aliphatic rings. The highest BCUT2D eigenvalue weighted by Crippen LogP contribution is 2.41. The van der Waals surface area contributed by atoms with Gasteiger partial charge in [-0.05, 0) is 61.0 Å². The van der Waals surface area contributed by atoms with Gasteiger partial charge in [-0.1, -0.05) is 12.1 Å². The van der Waals surface area contributed by atoms with E-state index in [0.717, 1.165) is 0 Å². The molecule has 1 amide bonds. The number of non-ortho nitro benzene ring substituents is 1. The first-order chi connectivity index (χ1) is 15.9. The molecular weight excluding hydrogens is 424 g/mol. The fraction of sp³-hybridized carbons (Fsp3) is 0.0800. The normalized spacial score (nSPS) is 15.0. The van der Waals surface area contributed by atoms with Gasteiger partial charge < -0.3 is 4.42 Å². The Morgan fingerprint density at radius 1 is 0.970 bits per heavy atom. The molecule has 2 heterocycles. The van der Waals surface area contributed by atoms with Crippen molar-refractivity contribution in [3.05, 3.63) is 116 Å². The van der Waals surface area contributed by atoms with Crippen LogP contribution < -0.4 is 10.3 Å². The third-order valence-electron chi connectivity index (χ3n) is 5.75. The highest BCUT2D eigenvalue weighted by molar-refractivity contribution is 6.10. The molecule has 1 aliphatic heterocycles. The summed E-state index contributed by atoms with van der Waals surface area (Å²) in [5.74, 6) is -0.697. The van der Waals surface area contributed by atoms with E-state index in [0.29, 0.717) is 27.8 Å². The maximum absolute atomic E-state index is 13.5. The third kappa shape index (κ3) is 3.20. The van der Waals surface area contributed by atoms with Gasteiger partial charge in [0.1, 0.15) is 5.58 Å². The molecule has 8 heteroatoms. The lowest BCUT2D eigenvalue weighted by atomic mass is 9.98. The molecule has 0 bridgehead atoms. The first-order valence-corrected chi connectivity index (χ1v) is 10.1. The molecule has 162 valence electrons. The van der Waals surface area contributed by atoms with Crippen LogP contribution in [0.3, 0.4) is 0 Å². The molecule has 4 aromatic rings. The molecule has 0 saturated carbocycles. The Morgan fingerprint density at radius 2 is 1.64 bits per heavy atom. The third-order valence-corrected chi connectivity index (χ3v) is 5.75. The summed E-state index contributed by atoms with van der Waals surface area (Å²) in [6.07, 6.45) is 0. The van der Waals surface area contributed by atoms with Gasteiger partial charge in [-0.25, -0.2) is 0 Å². The molecule has 0 aliphatic carbocycles. The van der Waals surface area contributed by atoms with Crippen molar-refractivity contribution in [2.24, 2.45) is 0 Å². The predicted molar refractivity (Wildman–Crippen MR) is 121 cm³/mol. The smallest absolute Gasteiger partial charge is 0.295 e. The van der Waals surface area contributed by atoms with E-state index in [1.54, 1.807) is 48.5 Å². The van der Waals surface area contributed by atoms with E-state index < -0.39 is 16.9 Å². The van der Waals surface area contributed by atoms with Crippen LogP contribution in [0.25, 0.3) is 11.0 Å². The molecule has 1 atom stereocenters. The van der Waals surface area contributed by atoms with Gasteiger partial charge in [0, 0.05) is 23.4 Å². The molecular formula is C25H16N2O6. The average Bonchev–Trinajstić information content (AvgIpc) is 3.12. The number of carbonyl (C=O) groups is 2. The van der Waals surface area contributed by atoms with Crippen molar-refractivity contribution in [3.8, 4) is 0 Å². The quantitative estimate of drug-likeness (QED) is 0.259. The molecule has 33 heavy (non-hydrogen) atoms. The number of rotatable bonds is 4. The minimum atomic E-state index is -0.850. The summed E-state index contributed by atoms with van der Waals surface area (Å²) in [5, 5.41) is 11.4. The number of nitro groups is 1. The Hall–Kier alpha value is -4.59. The van der Waals surface area contributed by atoms with E-state index in [4.69, 9.17) is 4.42 Å². The highest BCUT2D eigenvalue weighted by Gasteiger charge is 2.43. The maximum Gasteiger partial charge on any atom is 0.295 e. The van der Waals surface area contributed by atoms with Crippen LogP contribution in [0.1, 0.15) is 45.0 Å². The Bertz CT molecular complexity index is 1500. The van der Waals surface area contributed by atoms with E-state index in [1.807, 2.05) is 0 Å². The fourth-order valence-corrected chi connectivity index (χ4v) is 4.14. The minimum Gasteiger partial charge on any atom is -0.450 e. The summed E-state index contributed by atoms with van der Waals surface area (Å²) in [7, 11) is 0. The number of nitrogens with zero attached hydrogens (tertiary/aromatic N) is 2. The molecule has 0 fully saturated rings. The SMILES string of the molecule is CC(=O)c1ccc(N2C(=O)c3oc4ccccc4c(=O)c3C2c2ccc([N+](=O)[O-])cc2)cc1. The topological polar surface area (TPSA) is 111 Å². The Labute approximate surface area is 186 Å². The van der Waals surface area contributed by atoms with Gasteiger partial charge >= 0.3 is 0 Å². The number of benzene rings is 3. The molecule has 3 aromatic carbocycles. The zero-order valence-corrected chi connectivity index (χ0v) is 17.3. The summed E-state index contributed by atoms with van der Waals surface area (Å²) < 4.78 is 5.87. The molecule has 0 spiro atoms. The number of fused-ring (bicyclic) bond motifs is 2. The molecule has 0 N–H and O–H groups in total. The van der Waals surface area contributed by atoms with Crippen molar-refractivity contribution in [2.45, 2.75) is 13.0 Å². The first-order valence-electron chi connectivity index (χ1n) is 10.1. The lowest BCUT2D eigenvalue weighted by Gasteiger charge is -2.25. The lowest BCUT2D eigenvalue weighted by molar-refractivity contribution is -0.384. The number of Topliss-reactive ketones (excluding diaryl/α,β-unsaturated/α-hetero) is 1. The van der Waals surface area contributed by atoms with Crippen molar-refractivity contribution in [3.63, 3.8) is 0 Å². The van der Waals surface area contributed by atoms with Crippen molar-refractivity contribution >= 4 is 34.0 Å². The molecule has 8 nitrogen and oxygen atoms in total. The number of para-hydroxylation sites is 1. The van der Waals surface area contributed by atoms with E-state index in [2.05, 4.69) is 0 Å². The van der Waals surface area contributed by atoms with Gasteiger partial charge in [0.15, 0.2) is 11.2 Å². The first kappa shape index (κ1) is 20.3. The second kappa shape index (κ2) is 7.52. The van der Waals surface area contributed by atoms with Gasteiger partial charge in [0.2, 0.25) is 5.76 Å². The summed E-state index contributed by atoms with van der Waals surface area (Å²) in [6, 6.07) is 18.0. The lowest BCUT2D eigenvalue weighted by Crippen LogP contribution is -2.29. The zero-order chi connectivity index (χ0) is 23.3. The number of anilines is 1. The van der Waals surface area contributed by atoms with Crippen LogP contribution in [0.2, 0.25) is 0 Å². The van der Waals surface area contributed by atoms with Crippen molar-refractivity contribution < 1.29 is 18.9 Å². The number of carbonyl (C=O) groups excluding carboxylic acids is 2. The number of ketones is 1. The standard InChI is InChI=1S/C25H16N2O6/c1-14(28)15-6-10-17(11-7-15)26-22(16-8-12-18(13-9-16)27(31)32)21-23(29)19-4-2-3-5-20(19)33-24(21)25(26)30/h2-13,22H,1H3.